The highest BCUT2D eigenvalue weighted by atomic mass is 31.2. The minimum absolute atomic E-state index is 0.0182. The number of Topliss-reactive ketones (excluding diaryl/α,β-unsaturated/α-hetero) is 1. The average molecular weight is 520 g/mol. The molecule has 10 nitrogen and oxygen atoms in total. The van der Waals surface area contributed by atoms with Crippen LogP contribution in [0.4, 0.5) is 0 Å². The second kappa shape index (κ2) is 11.3. The number of phosphoric acid groups is 1. The first kappa shape index (κ1) is 26.6. The van der Waals surface area contributed by atoms with E-state index in [1.54, 1.807) is 12.1 Å². The van der Waals surface area contributed by atoms with Gasteiger partial charge in [-0.05, 0) is 11.1 Å². The molecule has 2 fully saturated rings. The summed E-state index contributed by atoms with van der Waals surface area (Å²) < 4.78 is 45.1. The van der Waals surface area contributed by atoms with Crippen molar-refractivity contribution < 1.29 is 47.0 Å². The predicted molar refractivity (Wildman–Crippen MR) is 125 cm³/mol. The first-order valence-corrected chi connectivity index (χ1v) is 12.9. The van der Waals surface area contributed by atoms with Crippen LogP contribution in [-0.2, 0) is 55.1 Å². The SMILES string of the molecule is COC(=O)[C@@]1(O)C[C@@H](OCOCc2ccccc2)C(=O)C2(COP(=O)(OCc3ccccc3)OC2)C1. The zero-order chi connectivity index (χ0) is 25.7. The fraction of sp³-hybridized carbons (Fsp3) is 0.440. The minimum Gasteiger partial charge on any atom is -0.467 e. The molecule has 1 spiro atoms. The van der Waals surface area contributed by atoms with Crippen molar-refractivity contribution in [1.29, 1.82) is 0 Å². The van der Waals surface area contributed by atoms with E-state index in [-0.39, 0.29) is 46.1 Å². The van der Waals surface area contributed by atoms with Gasteiger partial charge in [-0.25, -0.2) is 9.36 Å². The lowest BCUT2D eigenvalue weighted by Gasteiger charge is -2.47. The van der Waals surface area contributed by atoms with Gasteiger partial charge >= 0.3 is 13.8 Å². The zero-order valence-electron chi connectivity index (χ0n) is 19.9. The van der Waals surface area contributed by atoms with Crippen molar-refractivity contribution in [2.75, 3.05) is 27.1 Å². The fourth-order valence-electron chi connectivity index (χ4n) is 4.33. The standard InChI is InChI=1S/C25H29O10P/c1-30-23(27)25(28)12-21(32-18-31-13-19-8-4-2-5-9-19)22(26)24(15-25)16-34-36(29,35-17-24)33-14-20-10-6-3-7-11-20/h2-11,21,28H,12-18H2,1H3/t21-,24?,25-,36?/m1/s1. The van der Waals surface area contributed by atoms with E-state index in [2.05, 4.69) is 0 Å². The number of hydrogen-bond donors (Lipinski definition) is 1. The molecule has 0 amide bonds. The molecule has 0 bridgehead atoms. The largest absolute Gasteiger partial charge is 0.475 e. The number of rotatable bonds is 9. The van der Waals surface area contributed by atoms with Gasteiger partial charge in [0.15, 0.2) is 11.4 Å². The normalized spacial score (nSPS) is 30.3. The number of phosphoric ester groups is 1. The lowest BCUT2D eigenvalue weighted by molar-refractivity contribution is -0.199. The Kier molecular flexibility index (Phi) is 8.37. The quantitative estimate of drug-likeness (QED) is 0.228. The third-order valence-corrected chi connectivity index (χ3v) is 7.56. The van der Waals surface area contributed by atoms with Gasteiger partial charge in [-0.15, -0.1) is 0 Å². The highest BCUT2D eigenvalue weighted by Crippen LogP contribution is 2.58. The number of methoxy groups -OCH3 is 1. The van der Waals surface area contributed by atoms with Crippen LogP contribution in [0.25, 0.3) is 0 Å². The lowest BCUT2D eigenvalue weighted by atomic mass is 9.66. The number of carbonyl (C=O) groups is 2. The number of ether oxygens (including phenoxy) is 3. The number of carbonyl (C=O) groups excluding carboxylic acids is 2. The van der Waals surface area contributed by atoms with Crippen LogP contribution >= 0.6 is 7.82 Å². The summed E-state index contributed by atoms with van der Waals surface area (Å²) in [6, 6.07) is 18.4. The maximum Gasteiger partial charge on any atom is 0.475 e. The lowest BCUT2D eigenvalue weighted by Crippen LogP contribution is -2.61. The number of benzene rings is 2. The summed E-state index contributed by atoms with van der Waals surface area (Å²) in [6.07, 6.45) is -1.86. The monoisotopic (exact) mass is 520 g/mol. The van der Waals surface area contributed by atoms with Crippen LogP contribution in [-0.4, -0.2) is 55.7 Å². The smallest absolute Gasteiger partial charge is 0.467 e. The molecule has 2 atom stereocenters. The van der Waals surface area contributed by atoms with Gasteiger partial charge in [0.25, 0.3) is 0 Å². The Labute approximate surface area is 209 Å². The molecular weight excluding hydrogens is 491 g/mol. The van der Waals surface area contributed by atoms with Crippen molar-refractivity contribution in [3.05, 3.63) is 71.8 Å². The summed E-state index contributed by atoms with van der Waals surface area (Å²) in [5.74, 6) is -1.36. The molecule has 2 aromatic carbocycles. The van der Waals surface area contributed by atoms with Gasteiger partial charge in [0.05, 0.1) is 39.0 Å². The summed E-state index contributed by atoms with van der Waals surface area (Å²) in [4.78, 5) is 25.9. The van der Waals surface area contributed by atoms with E-state index in [9.17, 15) is 19.3 Å². The number of esters is 1. The second-order valence-electron chi connectivity index (χ2n) is 8.91. The third kappa shape index (κ3) is 6.10. The van der Waals surface area contributed by atoms with E-state index >= 15 is 0 Å². The van der Waals surface area contributed by atoms with E-state index in [1.165, 1.54) is 0 Å². The van der Waals surface area contributed by atoms with Gasteiger partial charge in [0.1, 0.15) is 12.9 Å². The maximum atomic E-state index is 13.4. The molecule has 1 heterocycles. The molecule has 2 aliphatic rings. The average Bonchev–Trinajstić information content (AvgIpc) is 2.91. The maximum absolute atomic E-state index is 13.4. The molecule has 0 radical (unpaired) electrons. The van der Waals surface area contributed by atoms with Crippen molar-refractivity contribution >= 4 is 19.6 Å². The molecular formula is C25H29O10P. The van der Waals surface area contributed by atoms with Crippen LogP contribution in [0.3, 0.4) is 0 Å². The minimum atomic E-state index is -3.97. The molecule has 11 heteroatoms. The molecule has 4 rings (SSSR count). The van der Waals surface area contributed by atoms with Crippen LogP contribution in [0, 0.1) is 5.41 Å². The summed E-state index contributed by atoms with van der Waals surface area (Å²) in [6.45, 7) is -0.791. The Balaban J connectivity index is 1.42. The summed E-state index contributed by atoms with van der Waals surface area (Å²) in [7, 11) is -2.83. The third-order valence-electron chi connectivity index (χ3n) is 6.23. The summed E-state index contributed by atoms with van der Waals surface area (Å²) >= 11 is 0. The van der Waals surface area contributed by atoms with Crippen LogP contribution in [0.5, 0.6) is 0 Å². The first-order valence-electron chi connectivity index (χ1n) is 11.4. The van der Waals surface area contributed by atoms with E-state index < -0.39 is 36.7 Å². The van der Waals surface area contributed by atoms with Crippen molar-refractivity contribution in [3.8, 4) is 0 Å². The van der Waals surface area contributed by atoms with Crippen LogP contribution < -0.4 is 0 Å². The molecule has 36 heavy (non-hydrogen) atoms. The Morgan fingerprint density at radius 3 is 2.19 bits per heavy atom. The van der Waals surface area contributed by atoms with Gasteiger partial charge < -0.3 is 19.3 Å². The van der Waals surface area contributed by atoms with Gasteiger partial charge in [-0.2, -0.15) is 0 Å². The van der Waals surface area contributed by atoms with Crippen molar-refractivity contribution in [2.24, 2.45) is 5.41 Å². The number of aliphatic hydroxyl groups is 1. The van der Waals surface area contributed by atoms with E-state index in [0.29, 0.717) is 0 Å². The van der Waals surface area contributed by atoms with E-state index in [0.717, 1.165) is 18.2 Å². The Bertz CT molecular complexity index is 1080. The zero-order valence-corrected chi connectivity index (χ0v) is 20.8. The molecule has 2 aromatic rings. The summed E-state index contributed by atoms with van der Waals surface area (Å²) in [5, 5.41) is 11.1. The molecule has 1 saturated heterocycles. The Hall–Kier alpha value is -2.43. The molecule has 1 N–H and O–H groups in total. The number of ketones is 1. The first-order chi connectivity index (χ1) is 17.3. The van der Waals surface area contributed by atoms with E-state index in [4.69, 9.17) is 27.8 Å². The van der Waals surface area contributed by atoms with Crippen molar-refractivity contribution in [3.63, 3.8) is 0 Å². The predicted octanol–water partition coefficient (Wildman–Crippen LogP) is 3.17. The van der Waals surface area contributed by atoms with Gasteiger partial charge in [0.2, 0.25) is 0 Å². The van der Waals surface area contributed by atoms with Gasteiger partial charge in [-0.1, -0.05) is 60.7 Å². The van der Waals surface area contributed by atoms with Crippen LogP contribution in [0.1, 0.15) is 24.0 Å². The van der Waals surface area contributed by atoms with Crippen molar-refractivity contribution in [2.45, 2.75) is 37.8 Å². The molecule has 0 aromatic heterocycles. The van der Waals surface area contributed by atoms with Gasteiger partial charge in [0, 0.05) is 12.8 Å². The van der Waals surface area contributed by atoms with Crippen LogP contribution in [0.2, 0.25) is 0 Å². The molecule has 0 unspecified atom stereocenters. The topological polar surface area (TPSA) is 127 Å². The highest BCUT2D eigenvalue weighted by Gasteiger charge is 2.61. The molecule has 1 saturated carbocycles. The van der Waals surface area contributed by atoms with E-state index in [1.807, 2.05) is 48.5 Å². The molecule has 1 aliphatic carbocycles. The molecule has 1 aliphatic heterocycles. The Morgan fingerprint density at radius 1 is 1.03 bits per heavy atom. The summed E-state index contributed by atoms with van der Waals surface area (Å²) in [5.41, 5.74) is -1.85. The number of hydrogen-bond acceptors (Lipinski definition) is 10. The van der Waals surface area contributed by atoms with Crippen LogP contribution in [0.15, 0.2) is 60.7 Å². The van der Waals surface area contributed by atoms with Gasteiger partial charge in [-0.3, -0.25) is 18.4 Å². The fourth-order valence-corrected chi connectivity index (χ4v) is 5.68. The second-order valence-corrected chi connectivity index (χ2v) is 10.6. The van der Waals surface area contributed by atoms with Crippen molar-refractivity contribution in [1.82, 2.24) is 0 Å². The molecule has 194 valence electrons. The Morgan fingerprint density at radius 2 is 1.61 bits per heavy atom. The highest BCUT2D eigenvalue weighted by molar-refractivity contribution is 7.48.